The van der Waals surface area contributed by atoms with Crippen LogP contribution in [0, 0.1) is 0 Å². The molecule has 0 saturated carbocycles. The molecule has 2 nitrogen and oxygen atoms in total. The first-order valence-corrected chi connectivity index (χ1v) is 6.16. The van der Waals surface area contributed by atoms with Gasteiger partial charge in [-0.2, -0.15) is 0 Å². The molecule has 0 spiro atoms. The fraction of sp³-hybridized carbons (Fsp3) is 0.167. The summed E-state index contributed by atoms with van der Waals surface area (Å²) in [4.78, 5) is 1.18. The van der Waals surface area contributed by atoms with Gasteiger partial charge in [-0.15, -0.1) is 11.3 Å². The predicted molar refractivity (Wildman–Crippen MR) is 69.0 cm³/mol. The molecule has 84 valence electrons. The highest BCUT2D eigenvalue weighted by Crippen LogP contribution is 2.23. The van der Waals surface area contributed by atoms with Crippen LogP contribution < -0.4 is 5.32 Å². The third-order valence-corrected chi connectivity index (χ3v) is 3.50. The molecule has 0 aliphatic carbocycles. The lowest BCUT2D eigenvalue weighted by Gasteiger charge is -2.08. The molecule has 0 saturated heterocycles. The first-order valence-electron chi connectivity index (χ1n) is 4.96. The summed E-state index contributed by atoms with van der Waals surface area (Å²) in [5, 5.41) is 12.4. The summed E-state index contributed by atoms with van der Waals surface area (Å²) < 4.78 is 0.798. The summed E-state index contributed by atoms with van der Waals surface area (Å²) in [5.41, 5.74) is 1.87. The summed E-state index contributed by atoms with van der Waals surface area (Å²) in [5.74, 6) is 0. The Morgan fingerprint density at radius 3 is 2.69 bits per heavy atom. The van der Waals surface area contributed by atoms with E-state index in [1.807, 2.05) is 36.4 Å². The minimum Gasteiger partial charge on any atom is -0.392 e. The molecule has 1 aromatic heterocycles. The zero-order valence-corrected chi connectivity index (χ0v) is 10.2. The Balaban J connectivity index is 2.04. The van der Waals surface area contributed by atoms with Gasteiger partial charge in [-0.1, -0.05) is 29.8 Å². The van der Waals surface area contributed by atoms with E-state index in [1.165, 1.54) is 4.88 Å². The number of anilines is 1. The zero-order chi connectivity index (χ0) is 11.4. The molecule has 0 bridgehead atoms. The van der Waals surface area contributed by atoms with Crippen LogP contribution in [0.15, 0.2) is 36.4 Å². The number of nitrogens with one attached hydrogen (secondary N) is 1. The van der Waals surface area contributed by atoms with E-state index >= 15 is 0 Å². The molecule has 2 N–H and O–H groups in total. The number of hydrogen-bond donors (Lipinski definition) is 2. The average molecular weight is 254 g/mol. The molecule has 2 rings (SSSR count). The summed E-state index contributed by atoms with van der Waals surface area (Å²) in [6.07, 6.45) is 0. The van der Waals surface area contributed by atoms with Crippen LogP contribution in [0.3, 0.4) is 0 Å². The Morgan fingerprint density at radius 2 is 2.00 bits per heavy atom. The van der Waals surface area contributed by atoms with E-state index in [-0.39, 0.29) is 6.61 Å². The molecule has 0 radical (unpaired) electrons. The van der Waals surface area contributed by atoms with Gasteiger partial charge in [0.1, 0.15) is 0 Å². The van der Waals surface area contributed by atoms with E-state index < -0.39 is 0 Å². The van der Waals surface area contributed by atoms with Crippen molar-refractivity contribution in [3.8, 4) is 0 Å². The smallest absolute Gasteiger partial charge is 0.0931 e. The highest BCUT2D eigenvalue weighted by molar-refractivity contribution is 7.16. The van der Waals surface area contributed by atoms with Crippen LogP contribution in [-0.4, -0.2) is 5.11 Å². The van der Waals surface area contributed by atoms with Crippen molar-refractivity contribution in [3.05, 3.63) is 51.2 Å². The Hall–Kier alpha value is -1.03. The Bertz CT molecular complexity index is 470. The van der Waals surface area contributed by atoms with Crippen molar-refractivity contribution in [1.82, 2.24) is 0 Å². The van der Waals surface area contributed by atoms with E-state index in [2.05, 4.69) is 5.32 Å². The van der Waals surface area contributed by atoms with Gasteiger partial charge in [-0.25, -0.2) is 0 Å². The number of thiophene rings is 1. The van der Waals surface area contributed by atoms with Crippen LogP contribution in [-0.2, 0) is 13.2 Å². The maximum atomic E-state index is 9.16. The number of aliphatic hydroxyl groups is 1. The molecule has 1 heterocycles. The van der Waals surface area contributed by atoms with Crippen LogP contribution in [0.5, 0.6) is 0 Å². The third kappa shape index (κ3) is 2.76. The van der Waals surface area contributed by atoms with Crippen molar-refractivity contribution in [2.24, 2.45) is 0 Å². The highest BCUT2D eigenvalue weighted by Gasteiger charge is 2.01. The van der Waals surface area contributed by atoms with E-state index in [0.29, 0.717) is 0 Å². The summed E-state index contributed by atoms with van der Waals surface area (Å²) in [6, 6.07) is 11.6. The molecular formula is C12H12ClNOS. The molecule has 16 heavy (non-hydrogen) atoms. The van der Waals surface area contributed by atoms with Gasteiger partial charge in [0.15, 0.2) is 0 Å². The van der Waals surface area contributed by atoms with Crippen molar-refractivity contribution >= 4 is 28.6 Å². The van der Waals surface area contributed by atoms with E-state index in [1.54, 1.807) is 11.3 Å². The molecule has 0 unspecified atom stereocenters. The van der Waals surface area contributed by atoms with Crippen LogP contribution >= 0.6 is 22.9 Å². The van der Waals surface area contributed by atoms with Gasteiger partial charge in [-0.05, 0) is 18.2 Å². The molecule has 0 amide bonds. The Kier molecular flexibility index (Phi) is 3.83. The quantitative estimate of drug-likeness (QED) is 0.874. The van der Waals surface area contributed by atoms with Crippen LogP contribution in [0.1, 0.15) is 10.4 Å². The maximum absolute atomic E-state index is 9.16. The Labute approximate surface area is 104 Å². The number of aliphatic hydroxyl groups excluding tert-OH is 1. The molecule has 0 fully saturated rings. The molecule has 0 aliphatic heterocycles. The molecular weight excluding hydrogens is 242 g/mol. The first kappa shape index (κ1) is 11.5. The van der Waals surface area contributed by atoms with Gasteiger partial charge in [0, 0.05) is 22.7 Å². The third-order valence-electron chi connectivity index (χ3n) is 2.27. The molecule has 4 heteroatoms. The number of rotatable bonds is 4. The number of para-hydroxylation sites is 1. The topological polar surface area (TPSA) is 32.3 Å². The number of halogens is 1. The molecule has 0 aliphatic rings. The number of hydrogen-bond acceptors (Lipinski definition) is 3. The summed E-state index contributed by atoms with van der Waals surface area (Å²) >= 11 is 7.41. The minimum absolute atomic E-state index is 0.0500. The Morgan fingerprint density at radius 1 is 1.19 bits per heavy atom. The molecule has 0 atom stereocenters. The second kappa shape index (κ2) is 5.34. The maximum Gasteiger partial charge on any atom is 0.0931 e. The van der Waals surface area contributed by atoms with Gasteiger partial charge in [-0.3, -0.25) is 0 Å². The van der Waals surface area contributed by atoms with Crippen molar-refractivity contribution in [3.63, 3.8) is 0 Å². The van der Waals surface area contributed by atoms with Crippen LogP contribution in [0.25, 0.3) is 0 Å². The van der Waals surface area contributed by atoms with Gasteiger partial charge in [0.05, 0.1) is 10.9 Å². The lowest BCUT2D eigenvalue weighted by molar-refractivity contribution is 0.282. The summed E-state index contributed by atoms with van der Waals surface area (Å²) in [6.45, 7) is 0.781. The lowest BCUT2D eigenvalue weighted by atomic mass is 10.2. The van der Waals surface area contributed by atoms with E-state index in [9.17, 15) is 0 Å². The zero-order valence-electron chi connectivity index (χ0n) is 8.61. The fourth-order valence-electron chi connectivity index (χ4n) is 1.46. The fourth-order valence-corrected chi connectivity index (χ4v) is 2.49. The number of benzene rings is 1. The second-order valence-electron chi connectivity index (χ2n) is 3.37. The van der Waals surface area contributed by atoms with Crippen molar-refractivity contribution in [1.29, 1.82) is 0 Å². The standard InChI is InChI=1S/C12H12ClNOS/c13-12-6-5-10(16-12)7-14-11-4-2-1-3-9(11)8-15/h1-6,14-15H,7-8H2. The summed E-state index contributed by atoms with van der Waals surface area (Å²) in [7, 11) is 0. The van der Waals surface area contributed by atoms with Crippen molar-refractivity contribution in [2.75, 3.05) is 5.32 Å². The largest absolute Gasteiger partial charge is 0.392 e. The first-order chi connectivity index (χ1) is 7.79. The van der Waals surface area contributed by atoms with Crippen molar-refractivity contribution < 1.29 is 5.11 Å². The van der Waals surface area contributed by atoms with Gasteiger partial charge >= 0.3 is 0 Å². The van der Waals surface area contributed by atoms with Crippen LogP contribution in [0.4, 0.5) is 5.69 Å². The van der Waals surface area contributed by atoms with Gasteiger partial charge in [0.2, 0.25) is 0 Å². The minimum atomic E-state index is 0.0500. The SMILES string of the molecule is OCc1ccccc1NCc1ccc(Cl)s1. The van der Waals surface area contributed by atoms with E-state index in [4.69, 9.17) is 16.7 Å². The second-order valence-corrected chi connectivity index (χ2v) is 5.17. The van der Waals surface area contributed by atoms with Crippen molar-refractivity contribution in [2.45, 2.75) is 13.2 Å². The van der Waals surface area contributed by atoms with Gasteiger partial charge < -0.3 is 10.4 Å². The monoisotopic (exact) mass is 253 g/mol. The average Bonchev–Trinajstić information content (AvgIpc) is 2.73. The molecule has 2 aromatic rings. The predicted octanol–water partition coefficient (Wildman–Crippen LogP) is 3.51. The van der Waals surface area contributed by atoms with Gasteiger partial charge in [0.25, 0.3) is 0 Å². The molecule has 1 aromatic carbocycles. The highest BCUT2D eigenvalue weighted by atomic mass is 35.5. The normalized spacial score (nSPS) is 10.4. The lowest BCUT2D eigenvalue weighted by Crippen LogP contribution is -2.00. The van der Waals surface area contributed by atoms with E-state index in [0.717, 1.165) is 22.1 Å². The van der Waals surface area contributed by atoms with Crippen LogP contribution in [0.2, 0.25) is 4.34 Å².